The number of thiophene rings is 1. The summed E-state index contributed by atoms with van der Waals surface area (Å²) in [5, 5.41) is 10.8. The summed E-state index contributed by atoms with van der Waals surface area (Å²) in [5.41, 5.74) is 1.02. The normalized spacial score (nSPS) is 22.6. The van der Waals surface area contributed by atoms with Gasteiger partial charge in [-0.15, -0.1) is 11.3 Å². The van der Waals surface area contributed by atoms with Gasteiger partial charge in [0.2, 0.25) is 5.91 Å². The Balaban J connectivity index is 1.64. The number of amides is 1. The molecule has 0 bridgehead atoms. The van der Waals surface area contributed by atoms with Gasteiger partial charge < -0.3 is 10.0 Å². The molecule has 0 aromatic carbocycles. The molecule has 2 aliphatic heterocycles. The van der Waals surface area contributed by atoms with Crippen LogP contribution in [0.5, 0.6) is 0 Å². The summed E-state index contributed by atoms with van der Waals surface area (Å²) >= 11 is 1.71. The smallest absolute Gasteiger partial charge is 0.222 e. The lowest BCUT2D eigenvalue weighted by atomic mass is 10.1. The average molecular weight is 290 g/mol. The second-order valence-electron chi connectivity index (χ2n) is 5.23. The highest BCUT2D eigenvalue weighted by atomic mass is 32.1. The Labute approximate surface area is 123 Å². The summed E-state index contributed by atoms with van der Waals surface area (Å²) in [5.74, 6) is 6.04. The van der Waals surface area contributed by atoms with Gasteiger partial charge in [-0.05, 0) is 17.9 Å². The van der Waals surface area contributed by atoms with Crippen molar-refractivity contribution in [2.45, 2.75) is 25.4 Å². The zero-order valence-corrected chi connectivity index (χ0v) is 12.2. The molecule has 3 heterocycles. The first kappa shape index (κ1) is 13.6. The fourth-order valence-electron chi connectivity index (χ4n) is 2.98. The number of aliphatic hydroxyl groups excluding tert-OH is 1. The first-order valence-corrected chi connectivity index (χ1v) is 7.84. The predicted molar refractivity (Wildman–Crippen MR) is 78.3 cm³/mol. The van der Waals surface area contributed by atoms with Gasteiger partial charge in [0.1, 0.15) is 6.61 Å². The van der Waals surface area contributed by atoms with Crippen LogP contribution in [0.2, 0.25) is 0 Å². The van der Waals surface area contributed by atoms with Crippen LogP contribution < -0.4 is 0 Å². The molecule has 0 aliphatic carbocycles. The highest BCUT2D eigenvalue weighted by Gasteiger charge is 2.35. The zero-order chi connectivity index (χ0) is 13.9. The minimum Gasteiger partial charge on any atom is -0.384 e. The van der Waals surface area contributed by atoms with E-state index in [-0.39, 0.29) is 6.61 Å². The first-order chi connectivity index (χ1) is 9.78. The van der Waals surface area contributed by atoms with E-state index in [1.54, 1.807) is 11.3 Å². The van der Waals surface area contributed by atoms with Crippen LogP contribution in [0.25, 0.3) is 0 Å². The van der Waals surface area contributed by atoms with Crippen LogP contribution in [0, 0.1) is 11.8 Å². The van der Waals surface area contributed by atoms with Crippen molar-refractivity contribution in [3.8, 4) is 11.8 Å². The lowest BCUT2D eigenvalue weighted by Gasteiger charge is -2.37. The molecule has 20 heavy (non-hydrogen) atoms. The van der Waals surface area contributed by atoms with Crippen molar-refractivity contribution in [3.05, 3.63) is 21.9 Å². The molecule has 106 valence electrons. The molecule has 2 aliphatic rings. The molecule has 1 aromatic heterocycles. The van der Waals surface area contributed by atoms with Crippen molar-refractivity contribution < 1.29 is 9.90 Å². The maximum atomic E-state index is 11.7. The van der Waals surface area contributed by atoms with Gasteiger partial charge in [-0.3, -0.25) is 9.69 Å². The number of hydrogen-bond donors (Lipinski definition) is 1. The van der Waals surface area contributed by atoms with Gasteiger partial charge in [-0.1, -0.05) is 11.8 Å². The van der Waals surface area contributed by atoms with Crippen LogP contribution in [-0.2, 0) is 11.3 Å². The second-order valence-corrected chi connectivity index (χ2v) is 6.23. The van der Waals surface area contributed by atoms with E-state index in [9.17, 15) is 4.79 Å². The second kappa shape index (κ2) is 5.96. The van der Waals surface area contributed by atoms with Crippen molar-refractivity contribution in [2.24, 2.45) is 0 Å². The van der Waals surface area contributed by atoms with Crippen LogP contribution in [0.15, 0.2) is 11.4 Å². The van der Waals surface area contributed by atoms with Gasteiger partial charge in [-0.25, -0.2) is 0 Å². The van der Waals surface area contributed by atoms with E-state index >= 15 is 0 Å². The molecule has 0 radical (unpaired) electrons. The Hall–Kier alpha value is -1.35. The molecular weight excluding hydrogens is 272 g/mol. The Morgan fingerprint density at radius 1 is 1.45 bits per heavy atom. The average Bonchev–Trinajstić information content (AvgIpc) is 3.04. The maximum absolute atomic E-state index is 11.7. The van der Waals surface area contributed by atoms with Crippen LogP contribution in [0.3, 0.4) is 0 Å². The number of aliphatic hydroxyl groups is 1. The number of carbonyl (C=O) groups excluding carboxylic acids is 1. The van der Waals surface area contributed by atoms with Crippen LogP contribution >= 0.6 is 11.3 Å². The summed E-state index contributed by atoms with van der Waals surface area (Å²) in [6, 6.07) is 2.42. The van der Waals surface area contributed by atoms with Gasteiger partial charge in [0, 0.05) is 49.1 Å². The molecule has 1 N–H and O–H groups in total. The molecule has 1 aromatic rings. The summed E-state index contributed by atoms with van der Waals surface area (Å²) in [7, 11) is 0. The molecule has 2 fully saturated rings. The molecule has 4 nitrogen and oxygen atoms in total. The zero-order valence-electron chi connectivity index (χ0n) is 11.3. The standard InChI is InChI=1S/C15H18N2O2S/c18-8-1-2-12-5-9-20-14(12)11-16-6-7-17-13(10-16)3-4-15(17)19/h5,9,13,18H,3-4,6-8,10-11H2. The lowest BCUT2D eigenvalue weighted by Crippen LogP contribution is -2.50. The van der Waals surface area contributed by atoms with Crippen molar-refractivity contribution in [1.29, 1.82) is 0 Å². The van der Waals surface area contributed by atoms with Gasteiger partial charge in [0.25, 0.3) is 0 Å². The number of nitrogens with zero attached hydrogens (tertiary/aromatic N) is 2. The van der Waals surface area contributed by atoms with E-state index in [0.717, 1.165) is 38.2 Å². The summed E-state index contributed by atoms with van der Waals surface area (Å²) < 4.78 is 0. The van der Waals surface area contributed by atoms with Crippen molar-refractivity contribution in [1.82, 2.24) is 9.80 Å². The monoisotopic (exact) mass is 290 g/mol. The molecule has 2 saturated heterocycles. The van der Waals surface area contributed by atoms with E-state index in [1.807, 2.05) is 16.3 Å². The van der Waals surface area contributed by atoms with E-state index in [4.69, 9.17) is 5.11 Å². The first-order valence-electron chi connectivity index (χ1n) is 6.96. The van der Waals surface area contributed by atoms with E-state index in [2.05, 4.69) is 16.7 Å². The highest BCUT2D eigenvalue weighted by molar-refractivity contribution is 7.10. The minimum atomic E-state index is -0.0991. The number of carbonyl (C=O) groups is 1. The van der Waals surface area contributed by atoms with Gasteiger partial charge in [0.05, 0.1) is 0 Å². The maximum Gasteiger partial charge on any atom is 0.222 e. The Morgan fingerprint density at radius 3 is 3.20 bits per heavy atom. The topological polar surface area (TPSA) is 43.8 Å². The third-order valence-corrected chi connectivity index (χ3v) is 4.90. The molecule has 0 saturated carbocycles. The van der Waals surface area contributed by atoms with Crippen LogP contribution in [-0.4, -0.2) is 53.1 Å². The van der Waals surface area contributed by atoms with E-state index in [1.165, 1.54) is 4.88 Å². The number of hydrogen-bond acceptors (Lipinski definition) is 4. The number of fused-ring (bicyclic) bond motifs is 1. The molecular formula is C15H18N2O2S. The number of rotatable bonds is 2. The third kappa shape index (κ3) is 2.73. The summed E-state index contributed by atoms with van der Waals surface area (Å²) in [6.45, 7) is 3.56. The Bertz CT molecular complexity index is 558. The SMILES string of the molecule is O=C1CCC2CN(Cc3sccc3C#CCO)CCN12. The van der Waals surface area contributed by atoms with Crippen LogP contribution in [0.4, 0.5) is 0 Å². The quantitative estimate of drug-likeness (QED) is 0.823. The predicted octanol–water partition coefficient (Wildman–Crippen LogP) is 0.899. The van der Waals surface area contributed by atoms with Gasteiger partial charge >= 0.3 is 0 Å². The third-order valence-electron chi connectivity index (χ3n) is 3.99. The molecule has 3 rings (SSSR count). The fourth-order valence-corrected chi connectivity index (χ4v) is 3.86. The van der Waals surface area contributed by atoms with E-state index in [0.29, 0.717) is 18.4 Å². The largest absolute Gasteiger partial charge is 0.384 e. The van der Waals surface area contributed by atoms with E-state index < -0.39 is 0 Å². The summed E-state index contributed by atoms with van der Waals surface area (Å²) in [4.78, 5) is 17.4. The molecule has 1 unspecified atom stereocenters. The molecule has 1 amide bonds. The fraction of sp³-hybridized carbons (Fsp3) is 0.533. The highest BCUT2D eigenvalue weighted by Crippen LogP contribution is 2.25. The van der Waals surface area contributed by atoms with Crippen LogP contribution in [0.1, 0.15) is 23.3 Å². The molecule has 5 heteroatoms. The Kier molecular flexibility index (Phi) is 4.06. The number of piperazine rings is 1. The minimum absolute atomic E-state index is 0.0991. The summed E-state index contributed by atoms with van der Waals surface area (Å²) in [6.07, 6.45) is 1.71. The van der Waals surface area contributed by atoms with Crippen molar-refractivity contribution in [3.63, 3.8) is 0 Å². The van der Waals surface area contributed by atoms with Gasteiger partial charge in [-0.2, -0.15) is 0 Å². The lowest BCUT2D eigenvalue weighted by molar-refractivity contribution is -0.130. The Morgan fingerprint density at radius 2 is 2.35 bits per heavy atom. The van der Waals surface area contributed by atoms with Crippen molar-refractivity contribution >= 4 is 17.2 Å². The molecule has 1 atom stereocenters. The van der Waals surface area contributed by atoms with Crippen molar-refractivity contribution in [2.75, 3.05) is 26.2 Å². The molecule has 0 spiro atoms. The van der Waals surface area contributed by atoms with Gasteiger partial charge in [0.15, 0.2) is 0 Å².